The molecule has 3 unspecified atom stereocenters. The summed E-state index contributed by atoms with van der Waals surface area (Å²) in [6.07, 6.45) is 12.6. The van der Waals surface area contributed by atoms with Gasteiger partial charge >= 0.3 is 0 Å². The number of anilines is 4. The van der Waals surface area contributed by atoms with E-state index in [4.69, 9.17) is 4.98 Å². The molecule has 3 heterocycles. The lowest BCUT2D eigenvalue weighted by Crippen LogP contribution is -2.64. The maximum absolute atomic E-state index is 4.82. The molecule has 0 spiro atoms. The highest BCUT2D eigenvalue weighted by Gasteiger charge is 2.61. The summed E-state index contributed by atoms with van der Waals surface area (Å²) in [4.78, 5) is 12.2. The Labute approximate surface area is 235 Å². The van der Waals surface area contributed by atoms with Crippen molar-refractivity contribution in [3.05, 3.63) is 115 Å². The summed E-state index contributed by atoms with van der Waals surface area (Å²) >= 11 is 0. The van der Waals surface area contributed by atoms with Gasteiger partial charge < -0.3 is 14.7 Å². The molecule has 6 rings (SSSR count). The van der Waals surface area contributed by atoms with Crippen LogP contribution in [-0.4, -0.2) is 18.2 Å². The molecule has 2 aliphatic heterocycles. The standard InChI is InChI=1S/C33H36N4.C2H6/c1-6-21-33(4)27-20-19-26(36(24-14-9-7-10-15-24)25-16-11-8-12-17-25)23-29(27)37-28-18-13-22-34-30(28)35(5)31(37)32(33,2)3;1-2/h6-19,21-23,27,31H,20H2,1-5H3;1-2H3. The Morgan fingerprint density at radius 3 is 2.10 bits per heavy atom. The van der Waals surface area contributed by atoms with Gasteiger partial charge in [-0.3, -0.25) is 0 Å². The Kier molecular flexibility index (Phi) is 7.15. The van der Waals surface area contributed by atoms with Gasteiger partial charge in [-0.15, -0.1) is 0 Å². The summed E-state index contributed by atoms with van der Waals surface area (Å²) in [7, 11) is 2.20. The zero-order valence-electron chi connectivity index (χ0n) is 24.5. The number of nitrogens with zero attached hydrogens (tertiary/aromatic N) is 4. The van der Waals surface area contributed by atoms with Crippen LogP contribution in [0.4, 0.5) is 22.9 Å². The second-order valence-electron chi connectivity index (χ2n) is 11.2. The number of fused-ring (bicyclic) bond motifs is 5. The first-order valence-electron chi connectivity index (χ1n) is 14.3. The van der Waals surface area contributed by atoms with Gasteiger partial charge in [0.25, 0.3) is 0 Å². The molecule has 3 aromatic rings. The van der Waals surface area contributed by atoms with Crippen LogP contribution in [0.5, 0.6) is 0 Å². The van der Waals surface area contributed by atoms with Gasteiger partial charge in [0.1, 0.15) is 6.17 Å². The fourth-order valence-corrected chi connectivity index (χ4v) is 6.98. The molecule has 39 heavy (non-hydrogen) atoms. The molecule has 0 saturated carbocycles. The molecule has 1 saturated heterocycles. The molecule has 4 heteroatoms. The summed E-state index contributed by atoms with van der Waals surface area (Å²) in [6.45, 7) is 13.5. The smallest absolute Gasteiger partial charge is 0.153 e. The minimum atomic E-state index is -0.0304. The maximum Gasteiger partial charge on any atom is 0.153 e. The van der Waals surface area contributed by atoms with Gasteiger partial charge in [-0.1, -0.05) is 89.2 Å². The van der Waals surface area contributed by atoms with Crippen molar-refractivity contribution in [3.63, 3.8) is 0 Å². The Morgan fingerprint density at radius 1 is 0.897 bits per heavy atom. The van der Waals surface area contributed by atoms with E-state index in [1.807, 2.05) is 20.0 Å². The Bertz CT molecular complexity index is 1350. The summed E-state index contributed by atoms with van der Waals surface area (Å²) in [5.41, 5.74) is 6.06. The van der Waals surface area contributed by atoms with E-state index < -0.39 is 0 Å². The first kappa shape index (κ1) is 26.8. The van der Waals surface area contributed by atoms with Crippen molar-refractivity contribution in [3.8, 4) is 0 Å². The Hall–Kier alpha value is -3.79. The van der Waals surface area contributed by atoms with Crippen molar-refractivity contribution in [1.82, 2.24) is 4.98 Å². The van der Waals surface area contributed by atoms with Gasteiger partial charge in [0.05, 0.1) is 5.69 Å². The first-order valence-corrected chi connectivity index (χ1v) is 14.3. The molecule has 0 bridgehead atoms. The van der Waals surface area contributed by atoms with Gasteiger partial charge in [0, 0.05) is 52.8 Å². The van der Waals surface area contributed by atoms with Gasteiger partial charge in [-0.05, 0) is 55.8 Å². The lowest BCUT2D eigenvalue weighted by atomic mass is 9.53. The molecule has 1 aromatic heterocycles. The molecule has 4 nitrogen and oxygen atoms in total. The van der Waals surface area contributed by atoms with Crippen LogP contribution in [0, 0.1) is 16.7 Å². The van der Waals surface area contributed by atoms with Gasteiger partial charge in [-0.2, -0.15) is 0 Å². The van der Waals surface area contributed by atoms with E-state index >= 15 is 0 Å². The average Bonchev–Trinajstić information content (AvgIpc) is 3.28. The van der Waals surface area contributed by atoms with Crippen molar-refractivity contribution in [1.29, 1.82) is 0 Å². The molecular formula is C35H42N4. The summed E-state index contributed by atoms with van der Waals surface area (Å²) in [6, 6.07) is 25.7. The third kappa shape index (κ3) is 4.09. The summed E-state index contributed by atoms with van der Waals surface area (Å²) in [5.74, 6) is 1.41. The van der Waals surface area contributed by atoms with E-state index in [-0.39, 0.29) is 17.0 Å². The summed E-state index contributed by atoms with van der Waals surface area (Å²) in [5, 5.41) is 0. The van der Waals surface area contributed by atoms with E-state index in [1.54, 1.807) is 0 Å². The van der Waals surface area contributed by atoms with Crippen molar-refractivity contribution in [2.75, 3.05) is 21.7 Å². The molecule has 1 fully saturated rings. The molecule has 3 aliphatic rings. The number of piperidine rings is 1. The topological polar surface area (TPSA) is 22.6 Å². The number of benzene rings is 2. The van der Waals surface area contributed by atoms with E-state index in [2.05, 4.69) is 147 Å². The Balaban J connectivity index is 0.00000151. The van der Waals surface area contributed by atoms with Crippen molar-refractivity contribution in [2.24, 2.45) is 16.7 Å². The van der Waals surface area contributed by atoms with Crippen LogP contribution in [0.25, 0.3) is 0 Å². The van der Waals surface area contributed by atoms with Crippen LogP contribution in [-0.2, 0) is 0 Å². The molecule has 202 valence electrons. The van der Waals surface area contributed by atoms with Crippen molar-refractivity contribution in [2.45, 2.75) is 54.1 Å². The number of pyridine rings is 1. The SMILES string of the molecule is CC.CC=CC1(C)C2CC=C(N(c3ccccc3)c3ccccc3)C=C2N2c3cccnc3N(C)C2C1(C)C. The second-order valence-corrected chi connectivity index (χ2v) is 11.2. The molecule has 0 N–H and O–H groups in total. The van der Waals surface area contributed by atoms with E-state index in [9.17, 15) is 0 Å². The fraction of sp³-hybridized carbons (Fsp3) is 0.343. The van der Waals surface area contributed by atoms with Gasteiger partial charge in [0.2, 0.25) is 0 Å². The zero-order valence-corrected chi connectivity index (χ0v) is 24.5. The predicted molar refractivity (Wildman–Crippen MR) is 166 cm³/mol. The Morgan fingerprint density at radius 2 is 1.51 bits per heavy atom. The summed E-state index contributed by atoms with van der Waals surface area (Å²) < 4.78 is 0. The molecule has 2 aromatic carbocycles. The maximum atomic E-state index is 4.82. The predicted octanol–water partition coefficient (Wildman–Crippen LogP) is 8.94. The number of rotatable bonds is 4. The van der Waals surface area contributed by atoms with Crippen LogP contribution in [0.3, 0.4) is 0 Å². The highest BCUT2D eigenvalue weighted by atomic mass is 15.5. The number of hydrogen-bond donors (Lipinski definition) is 0. The largest absolute Gasteiger partial charge is 0.337 e. The zero-order chi connectivity index (χ0) is 27.8. The van der Waals surface area contributed by atoms with Crippen LogP contribution in [0.2, 0.25) is 0 Å². The molecular weight excluding hydrogens is 476 g/mol. The van der Waals surface area contributed by atoms with Crippen molar-refractivity contribution >= 4 is 22.9 Å². The monoisotopic (exact) mass is 518 g/mol. The lowest BCUT2D eigenvalue weighted by molar-refractivity contribution is 0.0344. The molecule has 3 atom stereocenters. The minimum absolute atomic E-state index is 0.0269. The number of aromatic nitrogens is 1. The molecule has 1 aliphatic carbocycles. The average molecular weight is 519 g/mol. The molecule has 0 amide bonds. The third-order valence-electron chi connectivity index (χ3n) is 9.02. The second kappa shape index (κ2) is 10.4. The highest BCUT2D eigenvalue weighted by molar-refractivity contribution is 5.79. The van der Waals surface area contributed by atoms with Gasteiger partial charge in [0.15, 0.2) is 5.82 Å². The normalized spacial score (nSPS) is 24.6. The van der Waals surface area contributed by atoms with Crippen LogP contribution in [0.15, 0.2) is 115 Å². The molecule has 0 radical (unpaired) electrons. The number of hydrogen-bond acceptors (Lipinski definition) is 4. The fourth-order valence-electron chi connectivity index (χ4n) is 6.98. The first-order chi connectivity index (χ1) is 18.9. The van der Waals surface area contributed by atoms with E-state index in [1.165, 1.54) is 28.5 Å². The highest BCUT2D eigenvalue weighted by Crippen LogP contribution is 2.63. The minimum Gasteiger partial charge on any atom is -0.337 e. The number of para-hydroxylation sites is 2. The van der Waals surface area contributed by atoms with Crippen LogP contribution < -0.4 is 14.7 Å². The van der Waals surface area contributed by atoms with Crippen molar-refractivity contribution < 1.29 is 0 Å². The van der Waals surface area contributed by atoms with Gasteiger partial charge in [-0.25, -0.2) is 4.98 Å². The van der Waals surface area contributed by atoms with Crippen LogP contribution in [0.1, 0.15) is 48.0 Å². The quantitative estimate of drug-likeness (QED) is 0.322. The number of allylic oxidation sites excluding steroid dienone is 5. The lowest BCUT2D eigenvalue weighted by Gasteiger charge is -2.61. The van der Waals surface area contributed by atoms with Crippen LogP contribution >= 0.6 is 0 Å². The third-order valence-corrected chi connectivity index (χ3v) is 9.02. The van der Waals surface area contributed by atoms with E-state index in [0.717, 1.165) is 12.2 Å². The van der Waals surface area contributed by atoms with E-state index in [0.29, 0.717) is 5.92 Å².